The Morgan fingerprint density at radius 1 is 0.621 bits per heavy atom. The van der Waals surface area contributed by atoms with Gasteiger partial charge in [-0.05, 0) is 54.3 Å². The highest BCUT2D eigenvalue weighted by atomic mass is 14.0. The minimum Gasteiger partial charge on any atom is -0.103 e. The highest BCUT2D eigenvalue weighted by Crippen LogP contribution is 2.20. The van der Waals surface area contributed by atoms with Gasteiger partial charge in [-0.2, -0.15) is 0 Å². The van der Waals surface area contributed by atoms with Gasteiger partial charge < -0.3 is 0 Å². The molecule has 3 rings (SSSR count). The van der Waals surface area contributed by atoms with Crippen LogP contribution in [0.1, 0.15) is 54.9 Å². The summed E-state index contributed by atoms with van der Waals surface area (Å²) in [7, 11) is 0. The Labute approximate surface area is 176 Å². The minimum atomic E-state index is 0.820. The minimum absolute atomic E-state index is 0.820. The van der Waals surface area contributed by atoms with Gasteiger partial charge in [0.25, 0.3) is 0 Å². The van der Waals surface area contributed by atoms with E-state index >= 15 is 0 Å². The summed E-state index contributed by atoms with van der Waals surface area (Å²) < 4.78 is 0. The quantitative estimate of drug-likeness (QED) is 0.326. The molecule has 0 atom stereocenters. The summed E-state index contributed by atoms with van der Waals surface area (Å²) >= 11 is 0. The molecule has 29 heavy (non-hydrogen) atoms. The molecule has 0 saturated heterocycles. The van der Waals surface area contributed by atoms with E-state index in [0.29, 0.717) is 0 Å². The number of rotatable bonds is 5. The van der Waals surface area contributed by atoms with E-state index < -0.39 is 0 Å². The van der Waals surface area contributed by atoms with Crippen molar-refractivity contribution in [3.05, 3.63) is 95.1 Å². The lowest BCUT2D eigenvalue weighted by Crippen LogP contribution is -1.83. The number of hydrogen-bond acceptors (Lipinski definition) is 0. The van der Waals surface area contributed by atoms with Crippen LogP contribution in [0.3, 0.4) is 0 Å². The van der Waals surface area contributed by atoms with E-state index in [2.05, 4.69) is 110 Å². The maximum atomic E-state index is 3.27. The molecule has 0 fully saturated rings. The van der Waals surface area contributed by atoms with Crippen LogP contribution in [0, 0.1) is 30.6 Å². The average molecular weight is 377 g/mol. The third-order valence-electron chi connectivity index (χ3n) is 4.90. The second-order valence-corrected chi connectivity index (χ2v) is 7.38. The van der Waals surface area contributed by atoms with Gasteiger partial charge in [0.15, 0.2) is 0 Å². The first-order valence-electron chi connectivity index (χ1n) is 10.5. The maximum Gasteiger partial charge on any atom is 0.0340 e. The predicted molar refractivity (Wildman–Crippen MR) is 125 cm³/mol. The van der Waals surface area contributed by atoms with Crippen molar-refractivity contribution >= 4 is 0 Å². The summed E-state index contributed by atoms with van der Waals surface area (Å²) in [5.41, 5.74) is 7.05. The van der Waals surface area contributed by atoms with Gasteiger partial charge in [-0.25, -0.2) is 0 Å². The molecule has 0 radical (unpaired) electrons. The van der Waals surface area contributed by atoms with Crippen LogP contribution in [0.15, 0.2) is 72.8 Å². The molecule has 0 aliphatic rings. The van der Waals surface area contributed by atoms with E-state index in [1.54, 1.807) is 0 Å². The molecular weight excluding hydrogens is 348 g/mol. The van der Waals surface area contributed by atoms with E-state index in [1.165, 1.54) is 41.5 Å². The van der Waals surface area contributed by atoms with Crippen LogP contribution in [-0.2, 0) is 6.42 Å². The van der Waals surface area contributed by atoms with Crippen molar-refractivity contribution in [2.75, 3.05) is 0 Å². The Kier molecular flexibility index (Phi) is 7.74. The van der Waals surface area contributed by atoms with Gasteiger partial charge in [-0.15, -0.1) is 5.92 Å². The summed E-state index contributed by atoms with van der Waals surface area (Å²) in [5, 5.41) is 0. The molecule has 0 heterocycles. The summed E-state index contributed by atoms with van der Waals surface area (Å²) in [6.45, 7) is 4.33. The van der Waals surface area contributed by atoms with E-state index in [0.717, 1.165) is 24.0 Å². The molecule has 0 N–H and O–H groups in total. The molecule has 0 unspecified atom stereocenters. The zero-order valence-electron chi connectivity index (χ0n) is 17.5. The second kappa shape index (κ2) is 10.9. The number of hydrogen-bond donors (Lipinski definition) is 0. The van der Waals surface area contributed by atoms with Gasteiger partial charge in [0.05, 0.1) is 0 Å². The summed E-state index contributed by atoms with van der Waals surface area (Å²) in [6.07, 6.45) is 5.57. The fraction of sp³-hybridized carbons (Fsp3) is 0.241. The lowest BCUT2D eigenvalue weighted by atomic mass is 10.0. The van der Waals surface area contributed by atoms with Gasteiger partial charge in [0.1, 0.15) is 0 Å². The molecule has 0 amide bonds. The van der Waals surface area contributed by atoms with Crippen molar-refractivity contribution in [2.24, 2.45) is 0 Å². The van der Waals surface area contributed by atoms with Crippen LogP contribution in [0.4, 0.5) is 0 Å². The largest absolute Gasteiger partial charge is 0.103 e. The van der Waals surface area contributed by atoms with Crippen molar-refractivity contribution in [1.82, 2.24) is 0 Å². The van der Waals surface area contributed by atoms with Crippen molar-refractivity contribution < 1.29 is 0 Å². The molecule has 0 saturated carbocycles. The monoisotopic (exact) mass is 376 g/mol. The van der Waals surface area contributed by atoms with Crippen LogP contribution >= 0.6 is 0 Å². The third kappa shape index (κ3) is 6.71. The molecule has 0 aliphatic heterocycles. The molecule has 144 valence electrons. The van der Waals surface area contributed by atoms with Gasteiger partial charge in [0, 0.05) is 24.0 Å². The highest BCUT2D eigenvalue weighted by molar-refractivity contribution is 5.64. The average Bonchev–Trinajstić information content (AvgIpc) is 2.76. The Morgan fingerprint density at radius 2 is 1.17 bits per heavy atom. The van der Waals surface area contributed by atoms with Crippen molar-refractivity contribution in [3.63, 3.8) is 0 Å². The van der Waals surface area contributed by atoms with Crippen LogP contribution in [0.5, 0.6) is 0 Å². The maximum absolute atomic E-state index is 3.27. The smallest absolute Gasteiger partial charge is 0.0340 e. The van der Waals surface area contributed by atoms with E-state index in [1.807, 2.05) is 0 Å². The molecular formula is C29H28. The normalized spacial score (nSPS) is 9.86. The zero-order valence-corrected chi connectivity index (χ0v) is 17.5. The molecule has 3 aromatic rings. The van der Waals surface area contributed by atoms with Crippen LogP contribution in [0.2, 0.25) is 0 Å². The Bertz CT molecular complexity index is 1010. The van der Waals surface area contributed by atoms with Crippen LogP contribution in [-0.4, -0.2) is 0 Å². The van der Waals surface area contributed by atoms with E-state index in [-0.39, 0.29) is 0 Å². The van der Waals surface area contributed by atoms with Crippen molar-refractivity contribution in [2.45, 2.75) is 46.0 Å². The fourth-order valence-electron chi connectivity index (χ4n) is 3.06. The Morgan fingerprint density at radius 3 is 1.76 bits per heavy atom. The number of benzene rings is 3. The molecule has 0 aliphatic carbocycles. The van der Waals surface area contributed by atoms with E-state index in [4.69, 9.17) is 0 Å². The molecule has 0 heteroatoms. The SMILES string of the molecule is CCCCCC#CCc1ccc(C#Cc2ccc(-c3ccc(C)cc3)cc2)cc1. The number of aryl methyl sites for hydroxylation is 1. The summed E-state index contributed by atoms with van der Waals surface area (Å²) in [6, 6.07) is 25.5. The van der Waals surface area contributed by atoms with Gasteiger partial charge in [-0.3, -0.25) is 0 Å². The topological polar surface area (TPSA) is 0 Å². The van der Waals surface area contributed by atoms with Crippen molar-refractivity contribution in [1.29, 1.82) is 0 Å². The highest BCUT2D eigenvalue weighted by Gasteiger charge is 1.97. The second-order valence-electron chi connectivity index (χ2n) is 7.38. The van der Waals surface area contributed by atoms with Gasteiger partial charge >= 0.3 is 0 Å². The van der Waals surface area contributed by atoms with Crippen LogP contribution < -0.4 is 0 Å². The number of unbranched alkanes of at least 4 members (excludes halogenated alkanes) is 3. The van der Waals surface area contributed by atoms with E-state index in [9.17, 15) is 0 Å². The fourth-order valence-corrected chi connectivity index (χ4v) is 3.06. The first-order chi connectivity index (χ1) is 14.2. The molecule has 3 aromatic carbocycles. The van der Waals surface area contributed by atoms with Crippen molar-refractivity contribution in [3.8, 4) is 34.8 Å². The lowest BCUT2D eigenvalue weighted by molar-refractivity contribution is 0.737. The molecule has 0 spiro atoms. The lowest BCUT2D eigenvalue weighted by Gasteiger charge is -2.02. The Balaban J connectivity index is 1.57. The standard InChI is InChI=1S/C29H28/c1-3-4-5-6-7-8-9-25-12-14-26(15-13-25)16-17-27-18-22-29(23-19-27)28-20-10-24(2)11-21-28/h10-15,18-23H,3-6,9H2,1-2H3. The van der Waals surface area contributed by atoms with Gasteiger partial charge in [0.2, 0.25) is 0 Å². The Hall–Kier alpha value is -3.22. The third-order valence-corrected chi connectivity index (χ3v) is 4.90. The summed E-state index contributed by atoms with van der Waals surface area (Å²) in [5.74, 6) is 13.1. The predicted octanol–water partition coefficient (Wildman–Crippen LogP) is 7.19. The first kappa shape index (κ1) is 20.5. The zero-order chi connectivity index (χ0) is 20.3. The van der Waals surface area contributed by atoms with Gasteiger partial charge in [-0.1, -0.05) is 91.6 Å². The molecule has 0 bridgehead atoms. The molecule has 0 nitrogen and oxygen atoms in total. The molecule has 0 aromatic heterocycles. The van der Waals surface area contributed by atoms with Crippen LogP contribution in [0.25, 0.3) is 11.1 Å². The summed E-state index contributed by atoms with van der Waals surface area (Å²) in [4.78, 5) is 0. The first-order valence-corrected chi connectivity index (χ1v) is 10.5.